The molecule has 1 atom stereocenters. The van der Waals surface area contributed by atoms with Gasteiger partial charge < -0.3 is 14.9 Å². The second-order valence-electron chi connectivity index (χ2n) is 7.08. The van der Waals surface area contributed by atoms with Crippen molar-refractivity contribution in [3.63, 3.8) is 0 Å². The first-order chi connectivity index (χ1) is 13.1. The average molecular weight is 392 g/mol. The third-order valence-electron chi connectivity index (χ3n) is 5.55. The van der Waals surface area contributed by atoms with E-state index in [1.165, 1.54) is 26.8 Å². The van der Waals surface area contributed by atoms with Gasteiger partial charge in [-0.3, -0.25) is 0 Å². The molecule has 0 unspecified atom stereocenters. The highest BCUT2D eigenvalue weighted by Gasteiger charge is 2.37. The molecular formula is C19H26FN5OS+2. The van der Waals surface area contributed by atoms with Crippen molar-refractivity contribution in [3.05, 3.63) is 46.3 Å². The van der Waals surface area contributed by atoms with Crippen molar-refractivity contribution in [1.29, 1.82) is 0 Å². The molecule has 1 aromatic carbocycles. The smallest absolute Gasteiger partial charge is 0.235 e. The van der Waals surface area contributed by atoms with Crippen molar-refractivity contribution in [2.45, 2.75) is 26.3 Å². The third-order valence-corrected chi connectivity index (χ3v) is 6.63. The predicted molar refractivity (Wildman–Crippen MR) is 102 cm³/mol. The second kappa shape index (κ2) is 7.53. The van der Waals surface area contributed by atoms with Crippen LogP contribution in [0.1, 0.15) is 36.2 Å². The van der Waals surface area contributed by atoms with Gasteiger partial charge in [0.15, 0.2) is 11.9 Å². The number of fused-ring (bicyclic) bond motifs is 1. The molecule has 3 N–H and O–H groups in total. The van der Waals surface area contributed by atoms with Crippen LogP contribution in [0.2, 0.25) is 0 Å². The molecule has 2 aromatic heterocycles. The summed E-state index contributed by atoms with van der Waals surface area (Å²) in [4.78, 5) is 8.75. The number of aryl methyl sites for hydroxylation is 1. The molecular weight excluding hydrogens is 365 g/mol. The van der Waals surface area contributed by atoms with Crippen LogP contribution in [0.4, 0.5) is 4.39 Å². The van der Waals surface area contributed by atoms with Crippen LogP contribution in [-0.2, 0) is 6.42 Å². The monoisotopic (exact) mass is 391 g/mol. The molecule has 144 valence electrons. The van der Waals surface area contributed by atoms with Gasteiger partial charge in [-0.05, 0) is 19.1 Å². The zero-order valence-electron chi connectivity index (χ0n) is 15.7. The molecule has 0 bridgehead atoms. The normalized spacial score (nSPS) is 21.6. The van der Waals surface area contributed by atoms with Crippen LogP contribution < -0.4 is 9.80 Å². The Labute approximate surface area is 161 Å². The maximum Gasteiger partial charge on any atom is 0.235 e. The summed E-state index contributed by atoms with van der Waals surface area (Å²) in [5.41, 5.74) is 0.628. The number of halogens is 1. The van der Waals surface area contributed by atoms with Crippen molar-refractivity contribution in [1.82, 2.24) is 14.6 Å². The summed E-state index contributed by atoms with van der Waals surface area (Å²) >= 11 is 1.42. The number of quaternary nitrogens is 2. The number of thiazole rings is 1. The lowest BCUT2D eigenvalue weighted by Crippen LogP contribution is -3.28. The molecule has 1 saturated heterocycles. The van der Waals surface area contributed by atoms with E-state index in [0.717, 1.165) is 37.6 Å². The van der Waals surface area contributed by atoms with Gasteiger partial charge in [0.2, 0.25) is 10.8 Å². The summed E-state index contributed by atoms with van der Waals surface area (Å²) < 4.78 is 16.2. The van der Waals surface area contributed by atoms with Crippen LogP contribution in [0.5, 0.6) is 5.88 Å². The van der Waals surface area contributed by atoms with E-state index in [-0.39, 0.29) is 17.7 Å². The molecule has 3 aromatic rings. The molecule has 0 radical (unpaired) electrons. The summed E-state index contributed by atoms with van der Waals surface area (Å²) in [6, 6.07) is 6.66. The van der Waals surface area contributed by atoms with Gasteiger partial charge >= 0.3 is 0 Å². The van der Waals surface area contributed by atoms with Gasteiger partial charge in [0.25, 0.3) is 0 Å². The molecule has 3 heterocycles. The number of benzene rings is 1. The van der Waals surface area contributed by atoms with E-state index in [1.54, 1.807) is 11.0 Å². The first-order valence-corrected chi connectivity index (χ1v) is 10.4. The lowest BCUT2D eigenvalue weighted by Gasteiger charge is -2.34. The molecule has 0 saturated carbocycles. The molecule has 0 amide bonds. The highest BCUT2D eigenvalue weighted by molar-refractivity contribution is 7.17. The number of hydrogen-bond acceptors (Lipinski definition) is 4. The summed E-state index contributed by atoms with van der Waals surface area (Å²) in [6.45, 7) is 9.28. The van der Waals surface area contributed by atoms with Crippen LogP contribution in [0.25, 0.3) is 4.96 Å². The van der Waals surface area contributed by atoms with E-state index in [9.17, 15) is 9.50 Å². The molecule has 6 nitrogen and oxygen atoms in total. The van der Waals surface area contributed by atoms with E-state index in [1.807, 2.05) is 19.1 Å². The minimum atomic E-state index is -0.247. The lowest BCUT2D eigenvalue weighted by molar-refractivity contribution is -1.02. The molecule has 27 heavy (non-hydrogen) atoms. The van der Waals surface area contributed by atoms with Crippen LogP contribution >= 0.6 is 11.3 Å². The lowest BCUT2D eigenvalue weighted by atomic mass is 10.0. The second-order valence-corrected chi connectivity index (χ2v) is 8.09. The number of piperazine rings is 1. The minimum absolute atomic E-state index is 0.0909. The number of aromatic hydroxyl groups is 1. The standard InChI is InChI=1S/C19H24FN5OS/c1-3-15-21-19-25(22-15)18(26)17(27-19)16(13-7-5-6-8-14(13)20)24-11-9-23(4-2)10-12-24/h5-8,16,26H,3-4,9-12H2,1-2H3/p+2/t16-/m0/s1. The highest BCUT2D eigenvalue weighted by atomic mass is 32.1. The molecule has 4 rings (SSSR count). The van der Waals surface area contributed by atoms with Crippen molar-refractivity contribution >= 4 is 16.3 Å². The van der Waals surface area contributed by atoms with Gasteiger partial charge in [0.1, 0.15) is 36.9 Å². The van der Waals surface area contributed by atoms with Crippen LogP contribution in [-0.4, -0.2) is 52.4 Å². The quantitative estimate of drug-likeness (QED) is 0.578. The van der Waals surface area contributed by atoms with E-state index >= 15 is 0 Å². The van der Waals surface area contributed by atoms with Gasteiger partial charge in [0, 0.05) is 6.42 Å². The van der Waals surface area contributed by atoms with Gasteiger partial charge in [-0.2, -0.15) is 4.52 Å². The zero-order valence-corrected chi connectivity index (χ0v) is 16.5. The Morgan fingerprint density at radius 3 is 2.59 bits per heavy atom. The number of rotatable bonds is 5. The maximum absolute atomic E-state index is 14.7. The fourth-order valence-corrected chi connectivity index (χ4v) is 5.10. The van der Waals surface area contributed by atoms with E-state index in [2.05, 4.69) is 17.0 Å². The van der Waals surface area contributed by atoms with E-state index < -0.39 is 0 Å². The zero-order chi connectivity index (χ0) is 19.0. The highest BCUT2D eigenvalue weighted by Crippen LogP contribution is 2.35. The summed E-state index contributed by atoms with van der Waals surface area (Å²) in [5, 5.41) is 15.3. The van der Waals surface area contributed by atoms with Crippen molar-refractivity contribution in [2.24, 2.45) is 0 Å². The largest absolute Gasteiger partial charge is 0.492 e. The Morgan fingerprint density at radius 2 is 1.96 bits per heavy atom. The maximum atomic E-state index is 14.7. The fourth-order valence-electron chi connectivity index (χ4n) is 3.95. The number of aromatic nitrogens is 3. The molecule has 0 aliphatic carbocycles. The van der Waals surface area contributed by atoms with Crippen LogP contribution in [0, 0.1) is 5.82 Å². The van der Waals surface area contributed by atoms with Gasteiger partial charge in [0.05, 0.1) is 12.1 Å². The third kappa shape index (κ3) is 3.33. The SMILES string of the molecule is CCc1nc2sc([C@H](c3ccccc3F)[NH+]3CC[NH+](CC)CC3)c(O)n2n1. The Bertz CT molecular complexity index is 931. The first-order valence-electron chi connectivity index (χ1n) is 9.62. The predicted octanol–water partition coefficient (Wildman–Crippen LogP) is 0.0906. The van der Waals surface area contributed by atoms with Gasteiger partial charge in [-0.15, -0.1) is 5.10 Å². The van der Waals surface area contributed by atoms with Crippen molar-refractivity contribution in [3.8, 4) is 5.88 Å². The van der Waals surface area contributed by atoms with Crippen LogP contribution in [0.15, 0.2) is 24.3 Å². The number of nitrogens with one attached hydrogen (secondary N) is 2. The fraction of sp³-hybridized carbons (Fsp3) is 0.474. The number of nitrogens with zero attached hydrogens (tertiary/aromatic N) is 3. The van der Waals surface area contributed by atoms with E-state index in [4.69, 9.17) is 0 Å². The molecule has 0 spiro atoms. The van der Waals surface area contributed by atoms with Crippen molar-refractivity contribution < 1.29 is 19.3 Å². The summed E-state index contributed by atoms with van der Waals surface area (Å²) in [5.74, 6) is 0.569. The summed E-state index contributed by atoms with van der Waals surface area (Å²) in [6.07, 6.45) is 0.715. The first kappa shape index (κ1) is 18.3. The van der Waals surface area contributed by atoms with Crippen molar-refractivity contribution in [2.75, 3.05) is 32.7 Å². The Kier molecular flexibility index (Phi) is 5.12. The molecule has 1 fully saturated rings. The molecule has 1 aliphatic rings. The molecule has 8 heteroatoms. The Morgan fingerprint density at radius 1 is 1.22 bits per heavy atom. The topological polar surface area (TPSA) is 59.3 Å². The molecule has 1 aliphatic heterocycles. The number of likely N-dealkylation sites (N-methyl/N-ethyl adjacent to an activating group) is 1. The van der Waals surface area contributed by atoms with Gasteiger partial charge in [-0.1, -0.05) is 30.4 Å². The van der Waals surface area contributed by atoms with Crippen LogP contribution in [0.3, 0.4) is 0 Å². The Balaban J connectivity index is 1.77. The number of hydrogen-bond donors (Lipinski definition) is 3. The van der Waals surface area contributed by atoms with E-state index in [0.29, 0.717) is 22.8 Å². The average Bonchev–Trinajstić information content (AvgIpc) is 3.23. The summed E-state index contributed by atoms with van der Waals surface area (Å²) in [7, 11) is 0. The minimum Gasteiger partial charge on any atom is -0.492 e. The van der Waals surface area contributed by atoms with Gasteiger partial charge in [-0.25, -0.2) is 9.37 Å². The Hall–Kier alpha value is -2.03.